The van der Waals surface area contributed by atoms with Crippen molar-refractivity contribution < 1.29 is 5.21 Å². The number of aryl methyl sites for hydroxylation is 1. The van der Waals surface area contributed by atoms with Gasteiger partial charge in [0.2, 0.25) is 0 Å². The molecule has 2 unspecified atom stereocenters. The first-order chi connectivity index (χ1) is 9.08. The van der Waals surface area contributed by atoms with E-state index in [0.717, 1.165) is 24.1 Å². The Morgan fingerprint density at radius 3 is 2.68 bits per heavy atom. The summed E-state index contributed by atoms with van der Waals surface area (Å²) in [6.45, 7) is 6.58. The van der Waals surface area contributed by atoms with Crippen molar-refractivity contribution in [3.63, 3.8) is 0 Å². The third-order valence-electron chi connectivity index (χ3n) is 3.85. The molecule has 0 saturated carbocycles. The number of hydrogen-bond acceptors (Lipinski definition) is 4. The number of rotatable bonds is 6. The van der Waals surface area contributed by atoms with Crippen LogP contribution in [0, 0.1) is 17.2 Å². The Kier molecular flexibility index (Phi) is 5.56. The van der Waals surface area contributed by atoms with E-state index in [1.807, 2.05) is 19.3 Å². The van der Waals surface area contributed by atoms with Gasteiger partial charge in [-0.05, 0) is 23.8 Å². The number of nitrogens with zero attached hydrogens (tertiary/aromatic N) is 4. The number of hydrogen-bond donors (Lipinski definition) is 1. The molecule has 0 saturated heterocycles. The summed E-state index contributed by atoms with van der Waals surface area (Å²) in [5.74, 6) is 0.983. The zero-order chi connectivity index (χ0) is 14.4. The van der Waals surface area contributed by atoms with Gasteiger partial charge in [0, 0.05) is 19.2 Å². The normalized spacial score (nSPS) is 15.0. The summed E-state index contributed by atoms with van der Waals surface area (Å²) in [5.41, 5.74) is 2.24. The SMILES string of the molecule is CCC(C)C(CC)c1cnn(C)c1C/C(C#N)=N/O. The predicted molar refractivity (Wildman–Crippen MR) is 74.2 cm³/mol. The Balaban J connectivity index is 3.13. The summed E-state index contributed by atoms with van der Waals surface area (Å²) >= 11 is 0. The molecule has 5 heteroatoms. The van der Waals surface area contributed by atoms with Gasteiger partial charge in [-0.3, -0.25) is 4.68 Å². The largest absolute Gasteiger partial charge is 0.410 e. The Morgan fingerprint density at radius 2 is 2.21 bits per heavy atom. The molecular formula is C14H22N4O. The van der Waals surface area contributed by atoms with Crippen molar-refractivity contribution in [2.24, 2.45) is 18.1 Å². The van der Waals surface area contributed by atoms with Crippen LogP contribution >= 0.6 is 0 Å². The highest BCUT2D eigenvalue weighted by Gasteiger charge is 2.22. The highest BCUT2D eigenvalue weighted by Crippen LogP contribution is 2.32. The maximum atomic E-state index is 8.89. The van der Waals surface area contributed by atoms with Crippen LogP contribution < -0.4 is 0 Å². The number of oxime groups is 1. The van der Waals surface area contributed by atoms with E-state index in [0.29, 0.717) is 18.3 Å². The van der Waals surface area contributed by atoms with E-state index in [9.17, 15) is 0 Å². The van der Waals surface area contributed by atoms with Crippen molar-refractivity contribution in [2.45, 2.75) is 46.0 Å². The van der Waals surface area contributed by atoms with E-state index in [1.54, 1.807) is 4.68 Å². The van der Waals surface area contributed by atoms with Crippen LogP contribution in [0.2, 0.25) is 0 Å². The smallest absolute Gasteiger partial charge is 0.162 e. The molecule has 2 atom stereocenters. The maximum absolute atomic E-state index is 8.89. The molecule has 1 aromatic heterocycles. The zero-order valence-corrected chi connectivity index (χ0v) is 12.1. The molecule has 1 aromatic rings. The lowest BCUT2D eigenvalue weighted by atomic mass is 9.83. The molecule has 0 amide bonds. The fraction of sp³-hybridized carbons (Fsp3) is 0.643. The van der Waals surface area contributed by atoms with Crippen molar-refractivity contribution >= 4 is 5.71 Å². The Labute approximate surface area is 114 Å². The summed E-state index contributed by atoms with van der Waals surface area (Å²) in [6.07, 6.45) is 4.34. The topological polar surface area (TPSA) is 74.2 Å². The molecule has 0 aliphatic heterocycles. The Bertz CT molecular complexity index is 484. The Hall–Kier alpha value is -1.83. The molecule has 0 fully saturated rings. The van der Waals surface area contributed by atoms with E-state index in [4.69, 9.17) is 10.5 Å². The average molecular weight is 262 g/mol. The lowest BCUT2D eigenvalue weighted by Crippen LogP contribution is -2.13. The average Bonchev–Trinajstić information content (AvgIpc) is 2.78. The fourth-order valence-electron chi connectivity index (χ4n) is 2.48. The Morgan fingerprint density at radius 1 is 1.53 bits per heavy atom. The molecule has 1 rings (SSSR count). The van der Waals surface area contributed by atoms with Crippen LogP contribution in [-0.4, -0.2) is 20.7 Å². The summed E-state index contributed by atoms with van der Waals surface area (Å²) in [7, 11) is 1.86. The second kappa shape index (κ2) is 6.93. The quantitative estimate of drug-likeness (QED) is 0.486. The zero-order valence-electron chi connectivity index (χ0n) is 12.1. The summed E-state index contributed by atoms with van der Waals surface area (Å²) < 4.78 is 1.77. The first kappa shape index (κ1) is 15.2. The third-order valence-corrected chi connectivity index (χ3v) is 3.85. The lowest BCUT2D eigenvalue weighted by molar-refractivity contribution is 0.318. The van der Waals surface area contributed by atoms with Gasteiger partial charge in [-0.2, -0.15) is 10.4 Å². The lowest BCUT2D eigenvalue weighted by Gasteiger charge is -2.22. The van der Waals surface area contributed by atoms with Gasteiger partial charge >= 0.3 is 0 Å². The fourth-order valence-corrected chi connectivity index (χ4v) is 2.48. The van der Waals surface area contributed by atoms with Gasteiger partial charge in [0.1, 0.15) is 6.07 Å². The van der Waals surface area contributed by atoms with Crippen LogP contribution in [0.15, 0.2) is 11.4 Å². The first-order valence-electron chi connectivity index (χ1n) is 6.70. The third kappa shape index (κ3) is 3.34. The minimum Gasteiger partial charge on any atom is -0.410 e. The molecule has 0 aromatic carbocycles. The van der Waals surface area contributed by atoms with Gasteiger partial charge in [0.25, 0.3) is 0 Å². The molecule has 0 radical (unpaired) electrons. The monoisotopic (exact) mass is 262 g/mol. The van der Waals surface area contributed by atoms with Gasteiger partial charge in [-0.25, -0.2) is 0 Å². The van der Waals surface area contributed by atoms with Crippen molar-refractivity contribution in [1.29, 1.82) is 5.26 Å². The first-order valence-corrected chi connectivity index (χ1v) is 6.70. The van der Waals surface area contributed by atoms with Crippen molar-refractivity contribution in [2.75, 3.05) is 0 Å². The van der Waals surface area contributed by atoms with Crippen LogP contribution in [0.1, 0.15) is 50.8 Å². The summed E-state index contributed by atoms with van der Waals surface area (Å²) in [4.78, 5) is 0. The predicted octanol–water partition coefficient (Wildman–Crippen LogP) is 2.86. The van der Waals surface area contributed by atoms with Crippen LogP contribution in [0.3, 0.4) is 0 Å². The second-order valence-corrected chi connectivity index (χ2v) is 4.91. The van der Waals surface area contributed by atoms with Gasteiger partial charge < -0.3 is 5.21 Å². The van der Waals surface area contributed by atoms with E-state index in [2.05, 4.69) is 31.0 Å². The van der Waals surface area contributed by atoms with Gasteiger partial charge in [-0.1, -0.05) is 32.3 Å². The van der Waals surface area contributed by atoms with Crippen molar-refractivity contribution in [3.05, 3.63) is 17.5 Å². The highest BCUT2D eigenvalue weighted by atomic mass is 16.4. The van der Waals surface area contributed by atoms with E-state index in [-0.39, 0.29) is 5.71 Å². The molecule has 1 heterocycles. The molecule has 0 spiro atoms. The van der Waals surface area contributed by atoms with E-state index < -0.39 is 0 Å². The minimum absolute atomic E-state index is 0.115. The van der Waals surface area contributed by atoms with Crippen LogP contribution in [0.4, 0.5) is 0 Å². The van der Waals surface area contributed by atoms with Gasteiger partial charge in [0.05, 0.1) is 6.20 Å². The molecule has 0 aliphatic carbocycles. The van der Waals surface area contributed by atoms with Crippen LogP contribution in [-0.2, 0) is 13.5 Å². The van der Waals surface area contributed by atoms with Crippen molar-refractivity contribution in [3.8, 4) is 6.07 Å². The molecule has 19 heavy (non-hydrogen) atoms. The van der Waals surface area contributed by atoms with Crippen LogP contribution in [0.5, 0.6) is 0 Å². The molecule has 104 valence electrons. The van der Waals surface area contributed by atoms with Crippen LogP contribution in [0.25, 0.3) is 0 Å². The number of nitriles is 1. The highest BCUT2D eigenvalue weighted by molar-refractivity contribution is 5.99. The van der Waals surface area contributed by atoms with E-state index in [1.165, 1.54) is 0 Å². The summed E-state index contributed by atoms with van der Waals surface area (Å²) in [5, 5.41) is 25.0. The van der Waals surface area contributed by atoms with Crippen molar-refractivity contribution in [1.82, 2.24) is 9.78 Å². The standard InChI is InChI=1S/C14H22N4O/c1-5-10(3)12(6-2)13-9-16-18(4)14(13)7-11(8-15)17-19/h9-10,12,19H,5-7H2,1-4H3/b17-11-. The number of aromatic nitrogens is 2. The van der Waals surface area contributed by atoms with E-state index >= 15 is 0 Å². The second-order valence-electron chi connectivity index (χ2n) is 4.91. The molecule has 1 N–H and O–H groups in total. The molecule has 5 nitrogen and oxygen atoms in total. The summed E-state index contributed by atoms with van der Waals surface area (Å²) in [6, 6.07) is 1.90. The van der Waals surface area contributed by atoms with Gasteiger partial charge in [-0.15, -0.1) is 0 Å². The maximum Gasteiger partial charge on any atom is 0.162 e. The molecule has 0 bridgehead atoms. The molecular weight excluding hydrogens is 240 g/mol. The molecule has 0 aliphatic rings. The van der Waals surface area contributed by atoms with Gasteiger partial charge in [0.15, 0.2) is 5.71 Å². The minimum atomic E-state index is 0.115.